The van der Waals surface area contributed by atoms with Crippen molar-refractivity contribution in [2.24, 2.45) is 0 Å². The molecule has 0 spiro atoms. The van der Waals surface area contributed by atoms with Crippen LogP contribution in [-0.4, -0.2) is 10.1 Å². The Morgan fingerprint density at radius 2 is 2.21 bits per heavy atom. The summed E-state index contributed by atoms with van der Waals surface area (Å²) in [5.74, 6) is -0.145. The smallest absolute Gasteiger partial charge is 0.125 e. The molecule has 2 N–H and O–H groups in total. The molecule has 0 unspecified atom stereocenters. The molecule has 6 heteroatoms. The number of hydrogen-bond donors (Lipinski definition) is 2. The molecule has 1 aromatic carbocycles. The number of aliphatic hydroxyl groups is 1. The van der Waals surface area contributed by atoms with Crippen LogP contribution in [0.2, 0.25) is 10.0 Å². The van der Waals surface area contributed by atoms with Crippen molar-refractivity contribution in [1.82, 2.24) is 0 Å². The number of halogens is 2. The first-order chi connectivity index (χ1) is 9.01. The van der Waals surface area contributed by atoms with Gasteiger partial charge >= 0.3 is 0 Å². The van der Waals surface area contributed by atoms with Crippen LogP contribution in [0.25, 0.3) is 0 Å². The normalized spacial score (nSPS) is 11.2. The number of hydrogen-bond acceptors (Lipinski definition) is 3. The summed E-state index contributed by atoms with van der Waals surface area (Å²) >= 11 is 16.9. The predicted molar refractivity (Wildman–Crippen MR) is 82.8 cm³/mol. The Morgan fingerprint density at radius 1 is 1.53 bits per heavy atom. The number of benzene rings is 1. The van der Waals surface area contributed by atoms with E-state index in [4.69, 9.17) is 40.7 Å². The molecule has 0 aliphatic heterocycles. The summed E-state index contributed by atoms with van der Waals surface area (Å²) in [6, 6.07) is 6.84. The van der Waals surface area contributed by atoms with Crippen molar-refractivity contribution < 1.29 is 5.11 Å². The van der Waals surface area contributed by atoms with E-state index in [9.17, 15) is 5.11 Å². The maximum atomic E-state index is 9.68. The van der Waals surface area contributed by atoms with E-state index in [0.29, 0.717) is 15.7 Å². The zero-order valence-corrected chi connectivity index (χ0v) is 12.1. The van der Waals surface area contributed by atoms with Gasteiger partial charge in [-0.15, -0.1) is 6.58 Å². The quantitative estimate of drug-likeness (QED) is 0.279. The highest BCUT2D eigenvalue weighted by Crippen LogP contribution is 2.30. The van der Waals surface area contributed by atoms with Crippen LogP contribution in [0.15, 0.2) is 42.2 Å². The molecule has 0 aliphatic rings. The minimum absolute atomic E-state index is 0.0223. The first-order valence-electron chi connectivity index (χ1n) is 5.19. The van der Waals surface area contributed by atoms with Gasteiger partial charge in [-0.2, -0.15) is 5.26 Å². The predicted octanol–water partition coefficient (Wildman–Crippen LogP) is 4.64. The number of anilines is 1. The second-order valence-electron chi connectivity index (χ2n) is 3.48. The summed E-state index contributed by atoms with van der Waals surface area (Å²) in [6.07, 6.45) is 1.63. The lowest BCUT2D eigenvalue weighted by Crippen LogP contribution is -2.13. The third-order valence-electron chi connectivity index (χ3n) is 2.16. The van der Waals surface area contributed by atoms with Gasteiger partial charge < -0.3 is 10.4 Å². The van der Waals surface area contributed by atoms with Crippen molar-refractivity contribution in [3.05, 3.63) is 52.2 Å². The van der Waals surface area contributed by atoms with E-state index < -0.39 is 0 Å². The summed E-state index contributed by atoms with van der Waals surface area (Å²) in [7, 11) is 0. The third kappa shape index (κ3) is 3.97. The fourth-order valence-corrected chi connectivity index (χ4v) is 1.89. The average Bonchev–Trinajstić information content (AvgIpc) is 2.36. The standard InChI is InChI=1S/C13H10Cl2N2OS/c1-2-4-11(18)8(7-16)13(19)17-10-6-3-5-9(14)12(10)15/h2-3,5-6,18H,1,4H2,(H,17,19). The zero-order valence-electron chi connectivity index (χ0n) is 9.78. The van der Waals surface area contributed by atoms with Crippen molar-refractivity contribution >= 4 is 46.1 Å². The van der Waals surface area contributed by atoms with Crippen molar-refractivity contribution in [2.75, 3.05) is 5.32 Å². The maximum absolute atomic E-state index is 9.68. The molecule has 0 saturated carbocycles. The van der Waals surface area contributed by atoms with Gasteiger partial charge in [0, 0.05) is 6.42 Å². The van der Waals surface area contributed by atoms with Crippen molar-refractivity contribution in [2.45, 2.75) is 6.42 Å². The van der Waals surface area contributed by atoms with E-state index in [-0.39, 0.29) is 22.7 Å². The molecule has 0 amide bonds. The summed E-state index contributed by atoms with van der Waals surface area (Å²) in [4.78, 5) is 0.0750. The minimum atomic E-state index is -0.145. The number of nitriles is 1. The van der Waals surface area contributed by atoms with Crippen LogP contribution in [0.3, 0.4) is 0 Å². The van der Waals surface area contributed by atoms with E-state index in [0.717, 1.165) is 0 Å². The minimum Gasteiger partial charge on any atom is -0.510 e. The lowest BCUT2D eigenvalue weighted by molar-refractivity contribution is 0.399. The van der Waals surface area contributed by atoms with E-state index in [1.54, 1.807) is 18.2 Å². The molecule has 0 atom stereocenters. The van der Waals surface area contributed by atoms with Crippen molar-refractivity contribution in [3.63, 3.8) is 0 Å². The molecule has 0 saturated heterocycles. The molecule has 0 bridgehead atoms. The molecule has 0 aliphatic carbocycles. The highest BCUT2D eigenvalue weighted by molar-refractivity contribution is 7.81. The first-order valence-corrected chi connectivity index (χ1v) is 6.36. The summed E-state index contributed by atoms with van der Waals surface area (Å²) in [6.45, 7) is 3.48. The topological polar surface area (TPSA) is 56.0 Å². The van der Waals surface area contributed by atoms with Gasteiger partial charge in [-0.1, -0.05) is 47.6 Å². The lowest BCUT2D eigenvalue weighted by Gasteiger charge is -2.10. The fourth-order valence-electron chi connectivity index (χ4n) is 1.27. The molecule has 1 rings (SSSR count). The molecule has 3 nitrogen and oxygen atoms in total. The molecular formula is C13H10Cl2N2OS. The van der Waals surface area contributed by atoms with Crippen LogP contribution in [0.5, 0.6) is 0 Å². The van der Waals surface area contributed by atoms with E-state index in [1.807, 2.05) is 6.07 Å². The number of rotatable bonds is 4. The molecule has 0 fully saturated rings. The summed E-state index contributed by atoms with van der Waals surface area (Å²) in [5.41, 5.74) is 0.448. The Bertz CT molecular complexity index is 591. The van der Waals surface area contributed by atoms with Crippen LogP contribution in [0.4, 0.5) is 5.69 Å². The Balaban J connectivity index is 3.02. The molecule has 98 valence electrons. The molecule has 19 heavy (non-hydrogen) atoms. The van der Waals surface area contributed by atoms with Crippen molar-refractivity contribution in [3.8, 4) is 6.07 Å². The van der Waals surface area contributed by atoms with Gasteiger partial charge in [-0.05, 0) is 12.1 Å². The first kappa shape index (κ1) is 15.5. The fraction of sp³-hybridized carbons (Fsp3) is 0.0769. The summed E-state index contributed by atoms with van der Waals surface area (Å²) < 4.78 is 0. The number of nitrogens with zero attached hydrogens (tertiary/aromatic N) is 1. The monoisotopic (exact) mass is 312 g/mol. The number of allylic oxidation sites excluding steroid dienone is 1. The SMILES string of the molecule is C=CCC(O)=C(C#N)C(=S)Nc1cccc(Cl)c1Cl. The molecular weight excluding hydrogens is 303 g/mol. The largest absolute Gasteiger partial charge is 0.510 e. The highest BCUT2D eigenvalue weighted by Gasteiger charge is 2.12. The van der Waals surface area contributed by atoms with Crippen LogP contribution >= 0.6 is 35.4 Å². The second-order valence-corrected chi connectivity index (χ2v) is 4.68. The van der Waals surface area contributed by atoms with Crippen LogP contribution in [0, 0.1) is 11.3 Å². The zero-order chi connectivity index (χ0) is 14.4. The number of thiocarbonyl (C=S) groups is 1. The number of nitrogens with one attached hydrogen (secondary N) is 1. The highest BCUT2D eigenvalue weighted by atomic mass is 35.5. The van der Waals surface area contributed by atoms with Gasteiger partial charge in [0.15, 0.2) is 0 Å². The maximum Gasteiger partial charge on any atom is 0.125 e. The average molecular weight is 313 g/mol. The Hall–Kier alpha value is -1.54. The Labute approximate surface area is 126 Å². The second kappa shape index (κ2) is 7.15. The van der Waals surface area contributed by atoms with E-state index in [1.165, 1.54) is 6.08 Å². The van der Waals surface area contributed by atoms with Gasteiger partial charge in [0.2, 0.25) is 0 Å². The third-order valence-corrected chi connectivity index (χ3v) is 3.29. The number of aliphatic hydroxyl groups excluding tert-OH is 1. The molecule has 1 aromatic rings. The van der Waals surface area contributed by atoms with Crippen LogP contribution in [0.1, 0.15) is 6.42 Å². The lowest BCUT2D eigenvalue weighted by atomic mass is 10.2. The Kier molecular flexibility index (Phi) is 5.84. The van der Waals surface area contributed by atoms with Gasteiger partial charge in [0.05, 0.1) is 15.7 Å². The van der Waals surface area contributed by atoms with Crippen molar-refractivity contribution in [1.29, 1.82) is 5.26 Å². The molecule has 0 heterocycles. The van der Waals surface area contributed by atoms with Gasteiger partial charge in [-0.25, -0.2) is 0 Å². The summed E-state index contributed by atoms with van der Waals surface area (Å²) in [5, 5.41) is 22.1. The van der Waals surface area contributed by atoms with Gasteiger partial charge in [0.1, 0.15) is 22.4 Å². The Morgan fingerprint density at radius 3 is 2.79 bits per heavy atom. The van der Waals surface area contributed by atoms with E-state index in [2.05, 4.69) is 11.9 Å². The van der Waals surface area contributed by atoms with Gasteiger partial charge in [-0.3, -0.25) is 0 Å². The molecule has 0 aromatic heterocycles. The molecule has 0 radical (unpaired) electrons. The van der Waals surface area contributed by atoms with E-state index >= 15 is 0 Å². The van der Waals surface area contributed by atoms with Crippen LogP contribution < -0.4 is 5.32 Å². The van der Waals surface area contributed by atoms with Crippen LogP contribution in [-0.2, 0) is 0 Å². The van der Waals surface area contributed by atoms with Gasteiger partial charge in [0.25, 0.3) is 0 Å².